The van der Waals surface area contributed by atoms with Crippen LogP contribution in [0.25, 0.3) is 16.9 Å². The quantitative estimate of drug-likeness (QED) is 0.390. The number of pyridine rings is 1. The van der Waals surface area contributed by atoms with Crippen molar-refractivity contribution in [3.05, 3.63) is 65.9 Å². The van der Waals surface area contributed by atoms with Crippen molar-refractivity contribution in [2.75, 3.05) is 10.5 Å². The average molecular weight is 460 g/mol. The lowest BCUT2D eigenvalue weighted by molar-refractivity contribution is 0.0985. The van der Waals surface area contributed by atoms with Gasteiger partial charge in [-0.15, -0.1) is 0 Å². The fourth-order valence-electron chi connectivity index (χ4n) is 3.26. The van der Waals surface area contributed by atoms with E-state index in [2.05, 4.69) is 24.9 Å². The monoisotopic (exact) mass is 460 g/mol. The van der Waals surface area contributed by atoms with E-state index in [0.717, 1.165) is 12.1 Å². The second kappa shape index (κ2) is 8.46. The number of Topliss-reactive ketones (excluding diaryl/α,β-unsaturated/α-hetero) is 1. The normalized spacial score (nSPS) is 11.7. The maximum Gasteiger partial charge on any atom is 0.232 e. The van der Waals surface area contributed by atoms with Crippen LogP contribution in [0, 0.1) is 11.6 Å². The molecule has 0 unspecified atom stereocenters. The van der Waals surface area contributed by atoms with Gasteiger partial charge in [-0.1, -0.05) is 6.92 Å². The van der Waals surface area contributed by atoms with E-state index in [0.29, 0.717) is 28.8 Å². The molecule has 4 rings (SSSR count). The van der Waals surface area contributed by atoms with Crippen LogP contribution < -0.4 is 4.72 Å². The van der Waals surface area contributed by atoms with Crippen molar-refractivity contribution < 1.29 is 22.0 Å². The fourth-order valence-corrected chi connectivity index (χ4v) is 4.39. The first-order chi connectivity index (χ1) is 15.3. The number of ketones is 1. The third-order valence-corrected chi connectivity index (χ3v) is 6.15. The molecule has 0 saturated carbocycles. The van der Waals surface area contributed by atoms with Gasteiger partial charge in [-0.25, -0.2) is 27.2 Å². The molecule has 0 spiro atoms. The number of imidazole rings is 1. The van der Waals surface area contributed by atoms with Gasteiger partial charge >= 0.3 is 0 Å². The van der Waals surface area contributed by atoms with Gasteiger partial charge < -0.3 is 0 Å². The number of anilines is 1. The van der Waals surface area contributed by atoms with Crippen LogP contribution in [-0.4, -0.2) is 44.7 Å². The van der Waals surface area contributed by atoms with E-state index in [1.807, 2.05) is 0 Å². The number of nitrogens with one attached hydrogen (secondary N) is 2. The second-order valence-corrected chi connectivity index (χ2v) is 8.90. The standard InChI is InChI=1S/C20H18F2N6O3S/c1-2-7-32(30,31)27-15-4-3-14(21)17(18(15)22)16(29)9-12-8-13-19(24-10-12)25-26-20(13)28-6-5-23-11-28/h3-6,8,10-11,27H,2,7,9H2,1H3,(H,24,25,26). The van der Waals surface area contributed by atoms with Gasteiger partial charge in [-0.2, -0.15) is 5.10 Å². The minimum Gasteiger partial charge on any atom is -0.294 e. The number of carbonyl (C=O) groups excluding carboxylic acids is 1. The Morgan fingerprint density at radius 3 is 2.81 bits per heavy atom. The molecular formula is C20H18F2N6O3S. The van der Waals surface area contributed by atoms with E-state index >= 15 is 0 Å². The Bertz CT molecular complexity index is 1400. The van der Waals surface area contributed by atoms with E-state index in [9.17, 15) is 22.0 Å². The van der Waals surface area contributed by atoms with Crippen LogP contribution in [0.3, 0.4) is 0 Å². The highest BCUT2D eigenvalue weighted by atomic mass is 32.2. The van der Waals surface area contributed by atoms with Crippen molar-refractivity contribution in [2.45, 2.75) is 19.8 Å². The van der Waals surface area contributed by atoms with Crippen LogP contribution in [0.1, 0.15) is 29.3 Å². The van der Waals surface area contributed by atoms with Crippen LogP contribution in [0.15, 0.2) is 43.1 Å². The van der Waals surface area contributed by atoms with Crippen LogP contribution in [0.2, 0.25) is 0 Å². The zero-order valence-electron chi connectivity index (χ0n) is 16.8. The summed E-state index contributed by atoms with van der Waals surface area (Å²) < 4.78 is 56.8. The van der Waals surface area contributed by atoms with Gasteiger partial charge in [0.1, 0.15) is 12.1 Å². The number of fused-ring (bicyclic) bond motifs is 1. The molecule has 0 amide bonds. The zero-order chi connectivity index (χ0) is 22.9. The molecule has 0 radical (unpaired) electrons. The fraction of sp³-hybridized carbons (Fsp3) is 0.200. The van der Waals surface area contributed by atoms with E-state index < -0.39 is 38.7 Å². The minimum atomic E-state index is -3.82. The molecule has 3 aromatic heterocycles. The molecule has 0 atom stereocenters. The summed E-state index contributed by atoms with van der Waals surface area (Å²) >= 11 is 0. The number of rotatable bonds is 8. The van der Waals surface area contributed by atoms with Crippen molar-refractivity contribution in [2.24, 2.45) is 0 Å². The highest BCUT2D eigenvalue weighted by Crippen LogP contribution is 2.25. The number of aromatic nitrogens is 5. The van der Waals surface area contributed by atoms with Gasteiger partial charge in [-0.3, -0.25) is 19.2 Å². The summed E-state index contributed by atoms with van der Waals surface area (Å²) in [6.45, 7) is 1.65. The molecule has 32 heavy (non-hydrogen) atoms. The van der Waals surface area contributed by atoms with Crippen molar-refractivity contribution in [1.82, 2.24) is 24.7 Å². The predicted octanol–water partition coefficient (Wildman–Crippen LogP) is 3.00. The Hall–Kier alpha value is -3.67. The molecule has 12 heteroatoms. The van der Waals surface area contributed by atoms with Gasteiger partial charge in [-0.05, 0) is 30.2 Å². The number of H-pyrrole nitrogens is 1. The minimum absolute atomic E-state index is 0.233. The first-order valence-electron chi connectivity index (χ1n) is 9.62. The molecule has 0 bridgehead atoms. The summed E-state index contributed by atoms with van der Waals surface area (Å²) in [7, 11) is -3.82. The first kappa shape index (κ1) is 21.6. The van der Waals surface area contributed by atoms with Crippen LogP contribution in [0.5, 0.6) is 0 Å². The summed E-state index contributed by atoms with van der Waals surface area (Å²) in [6.07, 6.45) is 6.17. The van der Waals surface area contributed by atoms with Crippen LogP contribution in [-0.2, 0) is 16.4 Å². The Morgan fingerprint density at radius 2 is 2.09 bits per heavy atom. The van der Waals surface area contributed by atoms with Crippen LogP contribution in [0.4, 0.5) is 14.5 Å². The zero-order valence-corrected chi connectivity index (χ0v) is 17.7. The largest absolute Gasteiger partial charge is 0.294 e. The molecule has 0 aliphatic heterocycles. The van der Waals surface area contributed by atoms with Gasteiger partial charge in [0, 0.05) is 25.0 Å². The summed E-state index contributed by atoms with van der Waals surface area (Å²) in [5.74, 6) is -2.93. The summed E-state index contributed by atoms with van der Waals surface area (Å²) in [5, 5.41) is 7.53. The maximum absolute atomic E-state index is 14.9. The van der Waals surface area contributed by atoms with E-state index in [1.165, 1.54) is 6.20 Å². The number of nitrogens with zero attached hydrogens (tertiary/aromatic N) is 4. The van der Waals surface area contributed by atoms with Crippen molar-refractivity contribution in [1.29, 1.82) is 0 Å². The van der Waals surface area contributed by atoms with E-state index in [-0.39, 0.29) is 12.2 Å². The predicted molar refractivity (Wildman–Crippen MR) is 113 cm³/mol. The van der Waals surface area contributed by atoms with E-state index in [1.54, 1.807) is 36.3 Å². The second-order valence-electron chi connectivity index (χ2n) is 7.06. The number of hydrogen-bond donors (Lipinski definition) is 2. The third kappa shape index (κ3) is 4.21. The van der Waals surface area contributed by atoms with Crippen molar-refractivity contribution in [3.63, 3.8) is 0 Å². The highest BCUT2D eigenvalue weighted by molar-refractivity contribution is 7.92. The molecule has 0 fully saturated rings. The molecule has 0 saturated heterocycles. The Morgan fingerprint density at radius 1 is 1.28 bits per heavy atom. The molecular weight excluding hydrogens is 442 g/mol. The molecule has 3 heterocycles. The lowest BCUT2D eigenvalue weighted by Gasteiger charge is -2.11. The summed E-state index contributed by atoms with van der Waals surface area (Å²) in [6, 6.07) is 3.45. The SMILES string of the molecule is CCCS(=O)(=O)Nc1ccc(F)c(C(=O)Cc2cnc3[nH]nc(-n4ccnc4)c3c2)c1F. The summed E-state index contributed by atoms with van der Waals surface area (Å²) in [5.41, 5.74) is -0.423. The molecule has 166 valence electrons. The lowest BCUT2D eigenvalue weighted by Crippen LogP contribution is -2.19. The van der Waals surface area contributed by atoms with Gasteiger partial charge in [0.25, 0.3) is 0 Å². The van der Waals surface area contributed by atoms with Crippen LogP contribution >= 0.6 is 0 Å². The summed E-state index contributed by atoms with van der Waals surface area (Å²) in [4.78, 5) is 20.9. The number of halogens is 2. The third-order valence-electron chi connectivity index (χ3n) is 4.67. The van der Waals surface area contributed by atoms with Crippen molar-refractivity contribution in [3.8, 4) is 5.82 Å². The Kier molecular flexibility index (Phi) is 5.70. The first-order valence-corrected chi connectivity index (χ1v) is 11.3. The van der Waals surface area contributed by atoms with E-state index in [4.69, 9.17) is 0 Å². The number of sulfonamides is 1. The van der Waals surface area contributed by atoms with Gasteiger partial charge in [0.15, 0.2) is 23.1 Å². The molecule has 9 nitrogen and oxygen atoms in total. The highest BCUT2D eigenvalue weighted by Gasteiger charge is 2.23. The number of benzene rings is 1. The Labute approximate surface area is 181 Å². The van der Waals surface area contributed by atoms with Gasteiger partial charge in [0.2, 0.25) is 10.0 Å². The van der Waals surface area contributed by atoms with Gasteiger partial charge in [0.05, 0.1) is 22.4 Å². The number of aromatic amines is 1. The molecule has 0 aliphatic carbocycles. The van der Waals surface area contributed by atoms with Crippen molar-refractivity contribution >= 4 is 32.5 Å². The number of hydrogen-bond acceptors (Lipinski definition) is 6. The molecule has 1 aromatic carbocycles. The molecule has 4 aromatic rings. The lowest BCUT2D eigenvalue weighted by atomic mass is 10.0. The smallest absolute Gasteiger partial charge is 0.232 e. The topological polar surface area (TPSA) is 123 Å². The maximum atomic E-state index is 14.9. The Balaban J connectivity index is 1.65. The average Bonchev–Trinajstić information content (AvgIpc) is 3.39. The molecule has 2 N–H and O–H groups in total. The molecule has 0 aliphatic rings. The number of carbonyl (C=O) groups is 1.